The zero-order chi connectivity index (χ0) is 14.4. The Hall–Kier alpha value is -2.44. The van der Waals surface area contributed by atoms with Gasteiger partial charge in [-0.05, 0) is 6.42 Å². The first-order chi connectivity index (χ1) is 9.51. The van der Waals surface area contributed by atoms with E-state index in [1.807, 2.05) is 6.92 Å². The van der Waals surface area contributed by atoms with Crippen molar-refractivity contribution in [1.29, 1.82) is 0 Å². The van der Waals surface area contributed by atoms with Gasteiger partial charge < -0.3 is 5.73 Å². The third-order valence-corrected chi connectivity index (χ3v) is 3.16. The number of rotatable bonds is 2. The number of anilines is 1. The normalized spacial score (nSPS) is 11.4. The number of fused-ring (bicyclic) bond motifs is 1. The van der Waals surface area contributed by atoms with E-state index in [1.165, 1.54) is 10.6 Å². The van der Waals surface area contributed by atoms with E-state index in [0.29, 0.717) is 17.6 Å². The molecule has 0 saturated carbocycles. The molecular weight excluding hydrogens is 264 g/mol. The second kappa shape index (κ2) is 4.29. The maximum atomic E-state index is 13.8. The molecule has 1 aromatic carbocycles. The van der Waals surface area contributed by atoms with Crippen LogP contribution in [-0.2, 0) is 13.5 Å². The number of nitrogens with zero attached hydrogens (tertiary/aromatic N) is 4. The lowest BCUT2D eigenvalue weighted by molar-refractivity contribution is 0.590. The van der Waals surface area contributed by atoms with Gasteiger partial charge in [0, 0.05) is 25.4 Å². The van der Waals surface area contributed by atoms with Crippen LogP contribution in [0.1, 0.15) is 12.6 Å². The van der Waals surface area contributed by atoms with Crippen LogP contribution in [0.4, 0.5) is 14.7 Å². The quantitative estimate of drug-likeness (QED) is 0.781. The molecule has 2 N–H and O–H groups in total. The van der Waals surface area contributed by atoms with Crippen molar-refractivity contribution in [3.63, 3.8) is 0 Å². The van der Waals surface area contributed by atoms with Gasteiger partial charge in [0.25, 0.3) is 0 Å². The van der Waals surface area contributed by atoms with E-state index >= 15 is 0 Å². The molecule has 7 heteroatoms. The number of aromatic nitrogens is 4. The molecule has 2 aromatic heterocycles. The summed E-state index contributed by atoms with van der Waals surface area (Å²) in [5.41, 5.74) is 7.67. The highest BCUT2D eigenvalue weighted by molar-refractivity contribution is 5.81. The van der Waals surface area contributed by atoms with E-state index in [2.05, 4.69) is 10.1 Å². The molecule has 104 valence electrons. The zero-order valence-corrected chi connectivity index (χ0v) is 11.1. The van der Waals surface area contributed by atoms with Crippen molar-refractivity contribution in [2.45, 2.75) is 13.3 Å². The Morgan fingerprint density at radius 1 is 1.30 bits per heavy atom. The van der Waals surface area contributed by atoms with Crippen molar-refractivity contribution >= 4 is 17.0 Å². The number of imidazole rings is 1. The van der Waals surface area contributed by atoms with Crippen molar-refractivity contribution in [2.75, 3.05) is 5.73 Å². The number of benzene rings is 1. The first kappa shape index (κ1) is 12.6. The lowest BCUT2D eigenvalue weighted by atomic mass is 10.2. The van der Waals surface area contributed by atoms with Gasteiger partial charge in [-0.15, -0.1) is 0 Å². The fraction of sp³-hybridized carbons (Fsp3) is 0.231. The van der Waals surface area contributed by atoms with Crippen LogP contribution in [0, 0.1) is 11.6 Å². The second-order valence-corrected chi connectivity index (χ2v) is 4.55. The molecule has 0 bridgehead atoms. The zero-order valence-electron chi connectivity index (χ0n) is 11.1. The van der Waals surface area contributed by atoms with Crippen LogP contribution in [-0.4, -0.2) is 19.3 Å². The summed E-state index contributed by atoms with van der Waals surface area (Å²) in [5, 5.41) is 4.30. The van der Waals surface area contributed by atoms with Gasteiger partial charge in [-0.25, -0.2) is 13.8 Å². The highest BCUT2D eigenvalue weighted by atomic mass is 19.1. The molecule has 3 aromatic rings. The van der Waals surface area contributed by atoms with Crippen LogP contribution >= 0.6 is 0 Å². The summed E-state index contributed by atoms with van der Waals surface area (Å²) in [5.74, 6) is -1.29. The fourth-order valence-corrected chi connectivity index (χ4v) is 2.34. The standard InChI is InChI=1S/C13H13F2N5/c1-3-9-11(6-19(2)18-9)20-10-5-7(14)4-8(15)12(10)17-13(20)16/h4-6H,3H2,1-2H3,(H2,16,17). The third kappa shape index (κ3) is 1.74. The highest BCUT2D eigenvalue weighted by Gasteiger charge is 2.18. The Kier molecular flexibility index (Phi) is 2.70. The predicted octanol–water partition coefficient (Wildman–Crippen LogP) is 2.18. The van der Waals surface area contributed by atoms with Crippen molar-refractivity contribution in [3.05, 3.63) is 35.7 Å². The molecule has 0 aliphatic carbocycles. The molecule has 2 heterocycles. The van der Waals surface area contributed by atoms with Gasteiger partial charge in [0.15, 0.2) is 5.82 Å². The van der Waals surface area contributed by atoms with Gasteiger partial charge in [0.2, 0.25) is 5.95 Å². The number of aryl methyl sites for hydroxylation is 2. The number of nitrogens with two attached hydrogens (primary N) is 1. The number of halogens is 2. The Labute approximate surface area is 113 Å². The van der Waals surface area contributed by atoms with Gasteiger partial charge in [-0.2, -0.15) is 5.10 Å². The summed E-state index contributed by atoms with van der Waals surface area (Å²) in [6.07, 6.45) is 2.42. The third-order valence-electron chi connectivity index (χ3n) is 3.16. The summed E-state index contributed by atoms with van der Waals surface area (Å²) in [4.78, 5) is 3.98. The van der Waals surface area contributed by atoms with Gasteiger partial charge in [0.05, 0.1) is 16.9 Å². The van der Waals surface area contributed by atoms with E-state index in [1.54, 1.807) is 17.9 Å². The monoisotopic (exact) mass is 277 g/mol. The van der Waals surface area contributed by atoms with Crippen LogP contribution in [0.3, 0.4) is 0 Å². The average Bonchev–Trinajstić information content (AvgIpc) is 2.89. The van der Waals surface area contributed by atoms with Crippen LogP contribution < -0.4 is 5.73 Å². The van der Waals surface area contributed by atoms with E-state index in [4.69, 9.17) is 5.73 Å². The van der Waals surface area contributed by atoms with Crippen molar-refractivity contribution < 1.29 is 8.78 Å². The van der Waals surface area contributed by atoms with E-state index < -0.39 is 11.6 Å². The molecule has 20 heavy (non-hydrogen) atoms. The first-order valence-corrected chi connectivity index (χ1v) is 6.17. The number of hydrogen-bond donors (Lipinski definition) is 1. The Balaban J connectivity index is 2.38. The molecule has 0 aliphatic heterocycles. The molecule has 3 rings (SSSR count). The molecule has 0 unspecified atom stereocenters. The molecule has 0 fully saturated rings. The Morgan fingerprint density at radius 3 is 2.75 bits per heavy atom. The smallest absolute Gasteiger partial charge is 0.206 e. The van der Waals surface area contributed by atoms with Crippen molar-refractivity contribution in [3.8, 4) is 5.69 Å². The Morgan fingerprint density at radius 2 is 2.05 bits per heavy atom. The summed E-state index contributed by atoms with van der Waals surface area (Å²) >= 11 is 0. The second-order valence-electron chi connectivity index (χ2n) is 4.55. The van der Waals surface area contributed by atoms with Crippen molar-refractivity contribution in [1.82, 2.24) is 19.3 Å². The topological polar surface area (TPSA) is 61.7 Å². The van der Waals surface area contributed by atoms with Crippen LogP contribution in [0.2, 0.25) is 0 Å². The molecule has 0 atom stereocenters. The minimum atomic E-state index is -0.729. The van der Waals surface area contributed by atoms with Crippen molar-refractivity contribution in [2.24, 2.45) is 7.05 Å². The molecule has 0 spiro atoms. The molecular formula is C13H13F2N5. The lowest BCUT2D eigenvalue weighted by Crippen LogP contribution is -2.02. The molecule has 0 radical (unpaired) electrons. The summed E-state index contributed by atoms with van der Waals surface area (Å²) in [6, 6.07) is 2.01. The van der Waals surface area contributed by atoms with Crippen LogP contribution in [0.5, 0.6) is 0 Å². The minimum absolute atomic E-state index is 0.0507. The maximum absolute atomic E-state index is 13.8. The summed E-state index contributed by atoms with van der Waals surface area (Å²) in [7, 11) is 1.78. The highest BCUT2D eigenvalue weighted by Crippen LogP contribution is 2.27. The van der Waals surface area contributed by atoms with E-state index in [-0.39, 0.29) is 11.5 Å². The lowest BCUT2D eigenvalue weighted by Gasteiger charge is -2.05. The van der Waals surface area contributed by atoms with Gasteiger partial charge in [0.1, 0.15) is 11.3 Å². The summed E-state index contributed by atoms with van der Waals surface area (Å²) < 4.78 is 30.4. The number of nitrogen functional groups attached to an aromatic ring is 1. The minimum Gasteiger partial charge on any atom is -0.369 e. The van der Waals surface area contributed by atoms with Gasteiger partial charge in [-0.1, -0.05) is 6.92 Å². The van der Waals surface area contributed by atoms with Gasteiger partial charge >= 0.3 is 0 Å². The molecule has 5 nitrogen and oxygen atoms in total. The molecule has 0 amide bonds. The average molecular weight is 277 g/mol. The maximum Gasteiger partial charge on any atom is 0.206 e. The Bertz CT molecular complexity index is 803. The number of hydrogen-bond acceptors (Lipinski definition) is 3. The largest absolute Gasteiger partial charge is 0.369 e. The van der Waals surface area contributed by atoms with E-state index in [9.17, 15) is 8.78 Å². The first-order valence-electron chi connectivity index (χ1n) is 6.17. The fourth-order valence-electron chi connectivity index (χ4n) is 2.34. The molecule has 0 aliphatic rings. The predicted molar refractivity (Wildman–Crippen MR) is 71.5 cm³/mol. The van der Waals surface area contributed by atoms with Crippen LogP contribution in [0.15, 0.2) is 18.3 Å². The van der Waals surface area contributed by atoms with Crippen LogP contribution in [0.25, 0.3) is 16.7 Å². The van der Waals surface area contributed by atoms with Gasteiger partial charge in [-0.3, -0.25) is 9.25 Å². The summed E-state index contributed by atoms with van der Waals surface area (Å²) in [6.45, 7) is 1.95. The SMILES string of the molecule is CCc1nn(C)cc1-n1c(N)nc2c(F)cc(F)cc21. The molecule has 0 saturated heterocycles. The van der Waals surface area contributed by atoms with E-state index in [0.717, 1.165) is 11.8 Å².